The summed E-state index contributed by atoms with van der Waals surface area (Å²) in [6.07, 6.45) is 0. The van der Waals surface area contributed by atoms with E-state index >= 15 is 0 Å². The van der Waals surface area contributed by atoms with E-state index in [0.717, 1.165) is 17.1 Å². The maximum absolute atomic E-state index is 12.9. The normalized spacial score (nSPS) is 10.9. The van der Waals surface area contributed by atoms with E-state index in [2.05, 4.69) is 15.5 Å². The molecule has 0 aliphatic heterocycles. The van der Waals surface area contributed by atoms with Crippen molar-refractivity contribution in [1.82, 2.24) is 10.2 Å². The van der Waals surface area contributed by atoms with Crippen molar-refractivity contribution in [1.29, 1.82) is 0 Å². The zero-order valence-corrected chi connectivity index (χ0v) is 10.3. The van der Waals surface area contributed by atoms with Gasteiger partial charge in [0.15, 0.2) is 0 Å². The lowest BCUT2D eigenvalue weighted by Gasteiger charge is -2.04. The van der Waals surface area contributed by atoms with Gasteiger partial charge in [-0.25, -0.2) is 4.39 Å². The van der Waals surface area contributed by atoms with Crippen LogP contribution in [-0.2, 0) is 0 Å². The fourth-order valence-corrected chi connectivity index (χ4v) is 1.81. The number of hydrogen-bond acceptors (Lipinski definition) is 2. The van der Waals surface area contributed by atoms with E-state index < -0.39 is 0 Å². The molecule has 0 saturated heterocycles. The van der Waals surface area contributed by atoms with Crippen molar-refractivity contribution < 1.29 is 4.39 Å². The van der Waals surface area contributed by atoms with Crippen molar-refractivity contribution in [3.05, 3.63) is 35.1 Å². The molecule has 1 aromatic heterocycles. The van der Waals surface area contributed by atoms with Gasteiger partial charge in [0.1, 0.15) is 11.6 Å². The van der Waals surface area contributed by atoms with Gasteiger partial charge in [0.25, 0.3) is 0 Å². The second-order valence-electron chi connectivity index (χ2n) is 4.09. The Bertz CT molecular complexity index is 522. The molecule has 90 valence electrons. The Morgan fingerprint density at radius 1 is 1.35 bits per heavy atom. The van der Waals surface area contributed by atoms with Crippen LogP contribution in [0.15, 0.2) is 24.3 Å². The number of benzene rings is 1. The topological polar surface area (TPSA) is 40.7 Å². The first-order valence-electron chi connectivity index (χ1n) is 5.33. The molecule has 2 rings (SSSR count). The van der Waals surface area contributed by atoms with E-state index in [-0.39, 0.29) is 5.82 Å². The minimum absolute atomic E-state index is 0.301. The molecule has 0 bridgehead atoms. The molecule has 3 nitrogen and oxygen atoms in total. The lowest BCUT2D eigenvalue weighted by atomic mass is 10.1. The Balaban J connectivity index is 2.30. The molecule has 0 aliphatic carbocycles. The molecule has 0 amide bonds. The average molecular weight is 254 g/mol. The number of rotatable bonds is 3. The number of halogens is 2. The molecule has 0 spiro atoms. The highest BCUT2D eigenvalue weighted by atomic mass is 35.5. The zero-order chi connectivity index (χ0) is 12.4. The first-order valence-corrected chi connectivity index (χ1v) is 5.71. The summed E-state index contributed by atoms with van der Waals surface area (Å²) < 4.78 is 12.9. The highest BCUT2D eigenvalue weighted by Crippen LogP contribution is 2.28. The summed E-state index contributed by atoms with van der Waals surface area (Å²) >= 11 is 5.97. The molecule has 17 heavy (non-hydrogen) atoms. The van der Waals surface area contributed by atoms with Crippen LogP contribution in [0, 0.1) is 5.82 Å². The highest BCUT2D eigenvalue weighted by Gasteiger charge is 2.08. The van der Waals surface area contributed by atoms with E-state index in [9.17, 15) is 4.39 Å². The maximum Gasteiger partial charge on any atom is 0.148 e. The number of H-pyrrole nitrogens is 1. The minimum atomic E-state index is -0.348. The van der Waals surface area contributed by atoms with Crippen LogP contribution < -0.4 is 5.32 Å². The monoisotopic (exact) mass is 253 g/mol. The third-order valence-corrected chi connectivity index (χ3v) is 2.55. The molecule has 5 heteroatoms. The summed E-state index contributed by atoms with van der Waals surface area (Å²) in [4.78, 5) is 0. The third kappa shape index (κ3) is 2.77. The summed E-state index contributed by atoms with van der Waals surface area (Å²) in [7, 11) is 0. The van der Waals surface area contributed by atoms with Gasteiger partial charge < -0.3 is 5.32 Å². The Morgan fingerprint density at radius 2 is 2.12 bits per heavy atom. The molecule has 0 unspecified atom stereocenters. The van der Waals surface area contributed by atoms with Crippen LogP contribution in [0.25, 0.3) is 11.3 Å². The largest absolute Gasteiger partial charge is 0.366 e. The molecule has 0 aliphatic rings. The van der Waals surface area contributed by atoms with Gasteiger partial charge in [0.2, 0.25) is 0 Å². The molecular weight excluding hydrogens is 241 g/mol. The average Bonchev–Trinajstić information content (AvgIpc) is 2.65. The van der Waals surface area contributed by atoms with E-state index in [0.29, 0.717) is 11.1 Å². The lowest BCUT2D eigenvalue weighted by molar-refractivity contribution is 0.628. The van der Waals surface area contributed by atoms with Crippen LogP contribution in [0.2, 0.25) is 5.02 Å². The number of aromatic nitrogens is 2. The number of anilines is 1. The molecule has 1 aromatic carbocycles. The van der Waals surface area contributed by atoms with Gasteiger partial charge in [-0.2, -0.15) is 5.10 Å². The van der Waals surface area contributed by atoms with Crippen molar-refractivity contribution in [2.45, 2.75) is 19.9 Å². The van der Waals surface area contributed by atoms with Gasteiger partial charge in [-0.1, -0.05) is 11.6 Å². The zero-order valence-electron chi connectivity index (χ0n) is 9.59. The molecule has 0 fully saturated rings. The molecular formula is C12H13ClFN3. The SMILES string of the molecule is CC(C)Nc1cc(-c2ccc(F)cc2Cl)[nH]n1. The summed E-state index contributed by atoms with van der Waals surface area (Å²) in [6.45, 7) is 4.05. The van der Waals surface area contributed by atoms with E-state index in [1.165, 1.54) is 12.1 Å². The van der Waals surface area contributed by atoms with Crippen molar-refractivity contribution in [2.75, 3.05) is 5.32 Å². The maximum atomic E-state index is 12.9. The van der Waals surface area contributed by atoms with Crippen molar-refractivity contribution in [3.8, 4) is 11.3 Å². The molecule has 0 radical (unpaired) electrons. The summed E-state index contributed by atoms with van der Waals surface area (Å²) in [5, 5.41) is 10.5. The van der Waals surface area contributed by atoms with Gasteiger partial charge in [-0.3, -0.25) is 5.10 Å². The van der Waals surface area contributed by atoms with Crippen LogP contribution in [0.1, 0.15) is 13.8 Å². The Labute approximate surface area is 104 Å². The van der Waals surface area contributed by atoms with E-state index in [1.807, 2.05) is 19.9 Å². The Morgan fingerprint density at radius 3 is 2.76 bits per heavy atom. The quantitative estimate of drug-likeness (QED) is 0.876. The second kappa shape index (κ2) is 4.75. The fraction of sp³-hybridized carbons (Fsp3) is 0.250. The lowest BCUT2D eigenvalue weighted by Crippen LogP contribution is -2.09. The highest BCUT2D eigenvalue weighted by molar-refractivity contribution is 6.33. The standard InChI is InChI=1S/C12H13ClFN3/c1-7(2)15-12-6-11(16-17-12)9-4-3-8(14)5-10(9)13/h3-7H,1-2H3,(H2,15,16,17). The van der Waals surface area contributed by atoms with Crippen LogP contribution in [0.5, 0.6) is 0 Å². The van der Waals surface area contributed by atoms with Crippen molar-refractivity contribution in [3.63, 3.8) is 0 Å². The second-order valence-corrected chi connectivity index (χ2v) is 4.50. The van der Waals surface area contributed by atoms with E-state index in [1.54, 1.807) is 6.07 Å². The molecule has 0 atom stereocenters. The van der Waals surface area contributed by atoms with Gasteiger partial charge in [-0.05, 0) is 32.0 Å². The van der Waals surface area contributed by atoms with Gasteiger partial charge in [0, 0.05) is 17.7 Å². The van der Waals surface area contributed by atoms with E-state index in [4.69, 9.17) is 11.6 Å². The predicted molar refractivity (Wildman–Crippen MR) is 67.8 cm³/mol. The van der Waals surface area contributed by atoms with Crippen LogP contribution >= 0.6 is 11.6 Å². The fourth-order valence-electron chi connectivity index (χ4n) is 1.54. The first-order chi connectivity index (χ1) is 8.06. The number of hydrogen-bond donors (Lipinski definition) is 2. The molecule has 0 saturated carbocycles. The van der Waals surface area contributed by atoms with Crippen LogP contribution in [0.3, 0.4) is 0 Å². The van der Waals surface area contributed by atoms with Crippen molar-refractivity contribution in [2.24, 2.45) is 0 Å². The number of nitrogens with zero attached hydrogens (tertiary/aromatic N) is 1. The number of nitrogens with one attached hydrogen (secondary N) is 2. The number of aromatic amines is 1. The van der Waals surface area contributed by atoms with Crippen molar-refractivity contribution >= 4 is 17.4 Å². The van der Waals surface area contributed by atoms with Gasteiger partial charge >= 0.3 is 0 Å². The smallest absolute Gasteiger partial charge is 0.148 e. The third-order valence-electron chi connectivity index (χ3n) is 2.24. The Hall–Kier alpha value is -1.55. The molecule has 1 heterocycles. The summed E-state index contributed by atoms with van der Waals surface area (Å²) in [5.74, 6) is 0.397. The summed E-state index contributed by atoms with van der Waals surface area (Å²) in [5.41, 5.74) is 1.50. The summed E-state index contributed by atoms with van der Waals surface area (Å²) in [6, 6.07) is 6.43. The van der Waals surface area contributed by atoms with Gasteiger partial charge in [0.05, 0.1) is 10.7 Å². The minimum Gasteiger partial charge on any atom is -0.366 e. The Kier molecular flexibility index (Phi) is 3.33. The molecule has 2 N–H and O–H groups in total. The predicted octanol–water partition coefficient (Wildman–Crippen LogP) is 3.69. The van der Waals surface area contributed by atoms with Crippen LogP contribution in [-0.4, -0.2) is 16.2 Å². The van der Waals surface area contributed by atoms with Gasteiger partial charge in [-0.15, -0.1) is 0 Å². The van der Waals surface area contributed by atoms with Crippen LogP contribution in [0.4, 0.5) is 10.2 Å². The molecule has 2 aromatic rings. The first kappa shape index (κ1) is 11.9.